The minimum Gasteiger partial charge on any atom is -0.462 e. The van der Waals surface area contributed by atoms with Gasteiger partial charge in [-0.15, -0.1) is 0 Å². The first kappa shape index (κ1) is 21.6. The predicted octanol–water partition coefficient (Wildman–Crippen LogP) is 2.42. The van der Waals surface area contributed by atoms with Gasteiger partial charge in [-0.2, -0.15) is 0 Å². The molecule has 0 saturated carbocycles. The highest BCUT2D eigenvalue weighted by atomic mass is 32.2. The minimum atomic E-state index is -3.20. The smallest absolute Gasteiger partial charge is 0.334 e. The van der Waals surface area contributed by atoms with E-state index in [1.165, 1.54) is 0 Å². The van der Waals surface area contributed by atoms with Gasteiger partial charge in [0.05, 0.1) is 18.3 Å². The maximum atomic E-state index is 11.7. The van der Waals surface area contributed by atoms with Gasteiger partial charge >= 0.3 is 11.9 Å². The fraction of sp³-hybridized carbons (Fsp3) is 0.750. The van der Waals surface area contributed by atoms with Crippen molar-refractivity contribution in [1.82, 2.24) is 0 Å². The third-order valence-electron chi connectivity index (χ3n) is 3.13. The summed E-state index contributed by atoms with van der Waals surface area (Å²) in [4.78, 5) is 23.3. The highest BCUT2D eigenvalue weighted by molar-refractivity contribution is 7.90. The first-order chi connectivity index (χ1) is 10.7. The van der Waals surface area contributed by atoms with E-state index in [9.17, 15) is 18.0 Å². The van der Waals surface area contributed by atoms with E-state index in [1.54, 1.807) is 0 Å². The Kier molecular flexibility index (Phi) is 10.5. The van der Waals surface area contributed by atoms with Gasteiger partial charge in [-0.3, -0.25) is 4.79 Å². The molecule has 7 heteroatoms. The molecule has 0 aliphatic heterocycles. The van der Waals surface area contributed by atoms with E-state index in [-0.39, 0.29) is 30.5 Å². The molecule has 0 saturated heterocycles. The Bertz CT molecular complexity index is 495. The predicted molar refractivity (Wildman–Crippen MR) is 88.7 cm³/mol. The van der Waals surface area contributed by atoms with Gasteiger partial charge in [0.15, 0.2) is 9.84 Å². The van der Waals surface area contributed by atoms with E-state index in [0.29, 0.717) is 0 Å². The van der Waals surface area contributed by atoms with Crippen molar-refractivity contribution >= 4 is 21.8 Å². The molecule has 0 aromatic rings. The molecule has 23 heavy (non-hydrogen) atoms. The van der Waals surface area contributed by atoms with E-state index < -0.39 is 21.8 Å². The van der Waals surface area contributed by atoms with Crippen molar-refractivity contribution < 1.29 is 27.5 Å². The molecule has 0 aromatic heterocycles. The lowest BCUT2D eigenvalue weighted by atomic mass is 10.1. The third kappa shape index (κ3) is 12.8. The van der Waals surface area contributed by atoms with Crippen molar-refractivity contribution in [3.8, 4) is 0 Å². The summed E-state index contributed by atoms with van der Waals surface area (Å²) in [5.74, 6) is -1.56. The molecule has 0 aliphatic carbocycles. The first-order valence-corrected chi connectivity index (χ1v) is 9.94. The molecule has 0 radical (unpaired) electrons. The summed E-state index contributed by atoms with van der Waals surface area (Å²) in [5, 5.41) is 0. The second kappa shape index (κ2) is 11.2. The fourth-order valence-corrected chi connectivity index (χ4v) is 2.20. The van der Waals surface area contributed by atoms with Crippen LogP contribution in [0, 0.1) is 0 Å². The molecule has 0 bridgehead atoms. The van der Waals surface area contributed by atoms with Gasteiger partial charge in [-0.1, -0.05) is 32.8 Å². The Morgan fingerprint density at radius 3 is 2.39 bits per heavy atom. The quantitative estimate of drug-likeness (QED) is 0.306. The largest absolute Gasteiger partial charge is 0.462 e. The summed E-state index contributed by atoms with van der Waals surface area (Å²) in [5.41, 5.74) is -0.0401. The molecule has 0 rings (SSSR count). The van der Waals surface area contributed by atoms with Crippen molar-refractivity contribution in [2.24, 2.45) is 0 Å². The van der Waals surface area contributed by atoms with Crippen LogP contribution in [0.2, 0.25) is 0 Å². The van der Waals surface area contributed by atoms with Crippen molar-refractivity contribution in [3.05, 3.63) is 12.2 Å². The lowest BCUT2D eigenvalue weighted by molar-refractivity contribution is -0.149. The van der Waals surface area contributed by atoms with Crippen LogP contribution in [0.4, 0.5) is 0 Å². The van der Waals surface area contributed by atoms with Crippen LogP contribution in [0.5, 0.6) is 0 Å². The van der Waals surface area contributed by atoms with E-state index in [4.69, 9.17) is 9.47 Å². The van der Waals surface area contributed by atoms with Crippen molar-refractivity contribution in [2.75, 3.05) is 18.6 Å². The lowest BCUT2D eigenvalue weighted by Crippen LogP contribution is -2.19. The van der Waals surface area contributed by atoms with Gasteiger partial charge in [-0.25, -0.2) is 13.2 Å². The Balaban J connectivity index is 3.99. The molecule has 0 spiro atoms. The lowest BCUT2D eigenvalue weighted by Gasteiger charge is -2.13. The Labute approximate surface area is 139 Å². The van der Waals surface area contributed by atoms with Crippen LogP contribution in [-0.4, -0.2) is 45.1 Å². The van der Waals surface area contributed by atoms with Crippen LogP contribution in [0.15, 0.2) is 12.2 Å². The van der Waals surface area contributed by atoms with E-state index in [1.807, 2.05) is 6.92 Å². The number of sulfone groups is 1. The Morgan fingerprint density at radius 1 is 1.17 bits per heavy atom. The molecule has 1 unspecified atom stereocenters. The highest BCUT2D eigenvalue weighted by Crippen LogP contribution is 2.10. The number of unbranched alkanes of at least 4 members (excludes halogenated alkanes) is 3. The zero-order valence-electron chi connectivity index (χ0n) is 14.3. The minimum absolute atomic E-state index is 0.0401. The maximum Gasteiger partial charge on any atom is 0.334 e. The van der Waals surface area contributed by atoms with E-state index >= 15 is 0 Å². The van der Waals surface area contributed by atoms with Crippen molar-refractivity contribution in [1.29, 1.82) is 0 Å². The van der Waals surface area contributed by atoms with Crippen LogP contribution in [-0.2, 0) is 28.9 Å². The second-order valence-corrected chi connectivity index (χ2v) is 7.96. The number of ether oxygens (including phenoxy) is 2. The average Bonchev–Trinajstić information content (AvgIpc) is 2.41. The van der Waals surface area contributed by atoms with Crippen molar-refractivity contribution in [3.63, 3.8) is 0 Å². The number of rotatable bonds is 12. The van der Waals surface area contributed by atoms with Crippen LogP contribution in [0.3, 0.4) is 0 Å². The molecule has 0 aromatic carbocycles. The zero-order valence-corrected chi connectivity index (χ0v) is 15.1. The number of esters is 2. The molecule has 0 aliphatic rings. The SMILES string of the molecule is C=C(CC(=O)OC(C)CCCCCC)C(=O)OCCS(C)(=O)=O. The number of hydrogen-bond donors (Lipinski definition) is 0. The summed E-state index contributed by atoms with van der Waals surface area (Å²) >= 11 is 0. The maximum absolute atomic E-state index is 11.7. The standard InChI is InChI=1S/C16H28O6S/c1-5-6-7-8-9-14(3)22-15(17)12-13(2)16(18)21-10-11-23(4,19)20/h14H,2,5-12H2,1,3-4H3. The first-order valence-electron chi connectivity index (χ1n) is 7.87. The second-order valence-electron chi connectivity index (χ2n) is 5.70. The van der Waals surface area contributed by atoms with Crippen LogP contribution in [0.1, 0.15) is 52.4 Å². The normalized spacial score (nSPS) is 12.5. The number of carbonyl (C=O) groups excluding carboxylic acids is 2. The van der Waals surface area contributed by atoms with Gasteiger partial charge in [0.2, 0.25) is 0 Å². The molecular weight excluding hydrogens is 320 g/mol. The summed E-state index contributed by atoms with van der Waals surface area (Å²) in [7, 11) is -3.20. The topological polar surface area (TPSA) is 86.7 Å². The fourth-order valence-electron chi connectivity index (χ4n) is 1.82. The molecule has 1 atom stereocenters. The van der Waals surface area contributed by atoms with Gasteiger partial charge < -0.3 is 9.47 Å². The van der Waals surface area contributed by atoms with Gasteiger partial charge in [0.25, 0.3) is 0 Å². The van der Waals surface area contributed by atoms with Gasteiger partial charge in [-0.05, 0) is 19.8 Å². The summed E-state index contributed by atoms with van der Waals surface area (Å²) < 4.78 is 31.8. The molecule has 6 nitrogen and oxygen atoms in total. The molecule has 134 valence electrons. The summed E-state index contributed by atoms with van der Waals surface area (Å²) in [6.07, 6.45) is 5.80. The van der Waals surface area contributed by atoms with E-state index in [2.05, 4.69) is 13.5 Å². The summed E-state index contributed by atoms with van der Waals surface area (Å²) in [6, 6.07) is 0. The molecule has 0 amide bonds. The molecule has 0 heterocycles. The highest BCUT2D eigenvalue weighted by Gasteiger charge is 2.17. The van der Waals surface area contributed by atoms with Gasteiger partial charge in [0, 0.05) is 11.8 Å². The van der Waals surface area contributed by atoms with Gasteiger partial charge in [0.1, 0.15) is 6.61 Å². The Morgan fingerprint density at radius 2 is 1.83 bits per heavy atom. The molecule has 0 N–H and O–H groups in total. The number of hydrogen-bond acceptors (Lipinski definition) is 6. The molecule has 0 fully saturated rings. The van der Waals surface area contributed by atoms with E-state index in [0.717, 1.165) is 38.4 Å². The summed E-state index contributed by atoms with van der Waals surface area (Å²) in [6.45, 7) is 7.17. The van der Waals surface area contributed by atoms with Crippen LogP contribution >= 0.6 is 0 Å². The Hall–Kier alpha value is -1.37. The van der Waals surface area contributed by atoms with Crippen LogP contribution < -0.4 is 0 Å². The third-order valence-corrected chi connectivity index (χ3v) is 4.04. The van der Waals surface area contributed by atoms with Crippen LogP contribution in [0.25, 0.3) is 0 Å². The monoisotopic (exact) mass is 348 g/mol. The van der Waals surface area contributed by atoms with Crippen molar-refractivity contribution in [2.45, 2.75) is 58.5 Å². The number of carbonyl (C=O) groups is 2. The zero-order chi connectivity index (χ0) is 17.9. The molecular formula is C16H28O6S. The average molecular weight is 348 g/mol.